The molecule has 0 radical (unpaired) electrons. The number of carbonyl (C=O) groups excluding carboxylic acids is 3. The van der Waals surface area contributed by atoms with Gasteiger partial charge in [0.15, 0.2) is 0 Å². The van der Waals surface area contributed by atoms with Crippen molar-refractivity contribution in [2.75, 3.05) is 30.3 Å². The minimum Gasteiger partial charge on any atom is -0.368 e. The topological polar surface area (TPSA) is 176 Å². The molecular weight excluding hydrogens is 474 g/mol. The zero-order valence-corrected chi connectivity index (χ0v) is 20.0. The maximum atomic E-state index is 13.0. The van der Waals surface area contributed by atoms with Crippen LogP contribution in [0.15, 0.2) is 30.3 Å². The largest absolute Gasteiger partial charge is 0.368 e. The molecule has 2 unspecified atom stereocenters. The van der Waals surface area contributed by atoms with Gasteiger partial charge in [-0.1, -0.05) is 30.3 Å². The van der Waals surface area contributed by atoms with E-state index in [9.17, 15) is 14.4 Å². The van der Waals surface area contributed by atoms with Crippen LogP contribution in [0, 0.1) is 0 Å². The van der Waals surface area contributed by atoms with E-state index < -0.39 is 29.9 Å². The maximum absolute atomic E-state index is 13.0. The molecule has 0 aliphatic carbocycles. The van der Waals surface area contributed by atoms with Crippen molar-refractivity contribution in [1.82, 2.24) is 30.9 Å². The van der Waals surface area contributed by atoms with Crippen molar-refractivity contribution < 1.29 is 14.4 Å². The molecule has 2 heterocycles. The monoisotopic (exact) mass is 503 g/mol. The third-order valence-electron chi connectivity index (χ3n) is 5.30. The number of nitrogens with one attached hydrogen (secondary N) is 5. The SMILES string of the molecule is NC(=O)C1CCCCNc2nc(Cl)nc(n2)NCCCNC(=O)NC(Cc2ccccc2)C(=O)N1. The van der Waals surface area contributed by atoms with Gasteiger partial charge in [-0.3, -0.25) is 9.59 Å². The van der Waals surface area contributed by atoms with E-state index in [1.807, 2.05) is 30.3 Å². The highest BCUT2D eigenvalue weighted by atomic mass is 35.5. The summed E-state index contributed by atoms with van der Waals surface area (Å²) in [5.41, 5.74) is 6.40. The Morgan fingerprint density at radius 1 is 0.914 bits per heavy atom. The summed E-state index contributed by atoms with van der Waals surface area (Å²) in [6.07, 6.45) is 2.44. The van der Waals surface area contributed by atoms with E-state index >= 15 is 0 Å². The van der Waals surface area contributed by atoms with E-state index in [-0.39, 0.29) is 11.7 Å². The van der Waals surface area contributed by atoms with Crippen LogP contribution < -0.4 is 32.3 Å². The summed E-state index contributed by atoms with van der Waals surface area (Å²) in [5, 5.41) is 14.3. The second-order valence-corrected chi connectivity index (χ2v) is 8.40. The van der Waals surface area contributed by atoms with Crippen LogP contribution in [0.3, 0.4) is 0 Å². The number of carbonyl (C=O) groups is 3. The van der Waals surface area contributed by atoms with Gasteiger partial charge in [-0.25, -0.2) is 4.79 Å². The summed E-state index contributed by atoms with van der Waals surface area (Å²) in [5.74, 6) is -0.469. The number of hydrogen-bond donors (Lipinski definition) is 6. The molecular formula is C22H30ClN9O3. The summed E-state index contributed by atoms with van der Waals surface area (Å²) in [4.78, 5) is 49.9. The molecule has 1 aliphatic heterocycles. The molecule has 0 fully saturated rings. The molecule has 2 aromatic rings. The van der Waals surface area contributed by atoms with Crippen LogP contribution in [0.1, 0.15) is 31.2 Å². The first kappa shape index (κ1) is 25.9. The lowest BCUT2D eigenvalue weighted by Gasteiger charge is -2.22. The number of nitrogens with two attached hydrogens (primary N) is 1. The highest BCUT2D eigenvalue weighted by Crippen LogP contribution is 2.11. The van der Waals surface area contributed by atoms with E-state index in [0.29, 0.717) is 57.2 Å². The van der Waals surface area contributed by atoms with Gasteiger partial charge in [-0.05, 0) is 42.8 Å². The number of nitrogens with zero attached hydrogens (tertiary/aromatic N) is 3. The summed E-state index contributed by atoms with van der Waals surface area (Å²) in [6, 6.07) is 7.06. The molecule has 2 bridgehead atoms. The molecule has 4 amide bonds. The first-order chi connectivity index (χ1) is 16.9. The quantitative estimate of drug-likeness (QED) is 0.356. The summed E-state index contributed by atoms with van der Waals surface area (Å²) < 4.78 is 0. The van der Waals surface area contributed by atoms with Gasteiger partial charge in [0.1, 0.15) is 12.1 Å². The van der Waals surface area contributed by atoms with E-state index in [1.54, 1.807) is 0 Å². The maximum Gasteiger partial charge on any atom is 0.315 e. The number of rotatable bonds is 3. The summed E-state index contributed by atoms with van der Waals surface area (Å²) >= 11 is 5.98. The molecule has 2 atom stereocenters. The van der Waals surface area contributed by atoms with Crippen molar-refractivity contribution in [1.29, 1.82) is 0 Å². The standard InChI is InChI=1S/C22H30ClN9O3/c23-19-30-20-25-10-5-4-9-15(17(24)33)28-18(34)16(13-14-7-2-1-3-8-14)29-22(35)27-12-6-11-26-21(31-19)32-20/h1-3,7-8,15-16H,4-6,9-13H2,(H2,24,33)(H,28,34)(H2,27,29,35)(H2,25,26,30,31,32). The molecule has 35 heavy (non-hydrogen) atoms. The Hall–Kier alpha value is -3.67. The Bertz CT molecular complexity index is 1010. The van der Waals surface area contributed by atoms with Gasteiger partial charge in [0, 0.05) is 26.1 Å². The van der Waals surface area contributed by atoms with Gasteiger partial charge in [-0.15, -0.1) is 0 Å². The molecule has 1 aromatic heterocycles. The van der Waals surface area contributed by atoms with E-state index in [2.05, 4.69) is 41.5 Å². The molecule has 3 rings (SSSR count). The molecule has 0 spiro atoms. The number of urea groups is 1. The van der Waals surface area contributed by atoms with E-state index in [4.69, 9.17) is 17.3 Å². The van der Waals surface area contributed by atoms with Gasteiger partial charge in [0.05, 0.1) is 0 Å². The van der Waals surface area contributed by atoms with Gasteiger partial charge in [-0.2, -0.15) is 15.0 Å². The van der Waals surface area contributed by atoms with Crippen molar-refractivity contribution in [2.45, 2.75) is 44.2 Å². The lowest BCUT2D eigenvalue weighted by molar-refractivity contribution is -0.128. The van der Waals surface area contributed by atoms with Crippen molar-refractivity contribution >= 4 is 41.3 Å². The highest BCUT2D eigenvalue weighted by Gasteiger charge is 2.26. The third-order valence-corrected chi connectivity index (χ3v) is 5.47. The zero-order valence-electron chi connectivity index (χ0n) is 19.2. The Labute approximate surface area is 208 Å². The summed E-state index contributed by atoms with van der Waals surface area (Å²) in [6.45, 7) is 1.34. The minimum atomic E-state index is -0.885. The Balaban J connectivity index is 1.71. The van der Waals surface area contributed by atoms with Crippen LogP contribution >= 0.6 is 11.6 Å². The molecule has 7 N–H and O–H groups in total. The summed E-state index contributed by atoms with van der Waals surface area (Å²) in [7, 11) is 0. The number of hydrogen-bond acceptors (Lipinski definition) is 8. The smallest absolute Gasteiger partial charge is 0.315 e. The molecule has 13 heteroatoms. The fourth-order valence-electron chi connectivity index (χ4n) is 3.50. The molecule has 1 aliphatic rings. The van der Waals surface area contributed by atoms with Crippen LogP contribution in [-0.4, -0.2) is 64.5 Å². The number of fused-ring (bicyclic) bond motifs is 2. The van der Waals surface area contributed by atoms with E-state index in [1.165, 1.54) is 0 Å². The minimum absolute atomic E-state index is 0.0503. The number of halogens is 1. The third kappa shape index (κ3) is 8.89. The van der Waals surface area contributed by atoms with Crippen molar-refractivity contribution in [2.24, 2.45) is 5.73 Å². The van der Waals surface area contributed by atoms with Crippen molar-refractivity contribution in [3.8, 4) is 0 Å². The fraction of sp³-hybridized carbons (Fsp3) is 0.455. The lowest BCUT2D eigenvalue weighted by Crippen LogP contribution is -2.55. The van der Waals surface area contributed by atoms with Crippen LogP contribution in [0.4, 0.5) is 16.7 Å². The average Bonchev–Trinajstić information content (AvgIpc) is 2.82. The Kier molecular flexibility index (Phi) is 9.84. The van der Waals surface area contributed by atoms with Crippen LogP contribution in [0.25, 0.3) is 0 Å². The van der Waals surface area contributed by atoms with Gasteiger partial charge >= 0.3 is 6.03 Å². The van der Waals surface area contributed by atoms with Gasteiger partial charge in [0.2, 0.25) is 29.0 Å². The van der Waals surface area contributed by atoms with Crippen molar-refractivity contribution in [3.63, 3.8) is 0 Å². The normalized spacial score (nSPS) is 20.4. The second-order valence-electron chi connectivity index (χ2n) is 8.06. The second kappa shape index (κ2) is 13.3. The van der Waals surface area contributed by atoms with Gasteiger partial charge in [0.25, 0.3) is 0 Å². The molecule has 188 valence electrons. The zero-order chi connectivity index (χ0) is 25.0. The number of aromatic nitrogens is 3. The van der Waals surface area contributed by atoms with Crippen molar-refractivity contribution in [3.05, 3.63) is 41.2 Å². The highest BCUT2D eigenvalue weighted by molar-refractivity contribution is 6.28. The molecule has 1 aromatic carbocycles. The molecule has 0 saturated heterocycles. The Morgan fingerprint density at radius 3 is 2.26 bits per heavy atom. The number of anilines is 2. The van der Waals surface area contributed by atoms with Crippen LogP contribution in [0.5, 0.6) is 0 Å². The van der Waals surface area contributed by atoms with Crippen LogP contribution in [0.2, 0.25) is 5.28 Å². The predicted octanol–water partition coefficient (Wildman–Crippen LogP) is 0.803. The molecule has 12 nitrogen and oxygen atoms in total. The number of primary amides is 1. The number of benzene rings is 1. The van der Waals surface area contributed by atoms with Gasteiger partial charge < -0.3 is 32.3 Å². The van der Waals surface area contributed by atoms with E-state index in [0.717, 1.165) is 5.56 Å². The van der Waals surface area contributed by atoms with Crippen LogP contribution in [-0.2, 0) is 16.0 Å². The predicted molar refractivity (Wildman–Crippen MR) is 132 cm³/mol. The Morgan fingerprint density at radius 2 is 1.57 bits per heavy atom. The molecule has 0 saturated carbocycles. The lowest BCUT2D eigenvalue weighted by atomic mass is 10.0. The first-order valence-electron chi connectivity index (χ1n) is 11.5. The fourth-order valence-corrected chi connectivity index (χ4v) is 3.66. The first-order valence-corrected chi connectivity index (χ1v) is 11.9. The number of amides is 4. The average molecular weight is 504 g/mol.